The van der Waals surface area contributed by atoms with Gasteiger partial charge in [-0.1, -0.05) is 24.3 Å². The third-order valence-corrected chi connectivity index (χ3v) is 4.62. The number of aromatic nitrogens is 3. The van der Waals surface area contributed by atoms with E-state index in [2.05, 4.69) is 15.4 Å². The van der Waals surface area contributed by atoms with Crippen LogP contribution in [0.1, 0.15) is 27.4 Å². The molecule has 0 bridgehead atoms. The van der Waals surface area contributed by atoms with Crippen LogP contribution in [0.25, 0.3) is 0 Å². The van der Waals surface area contributed by atoms with Crippen LogP contribution in [0.3, 0.4) is 0 Å². The van der Waals surface area contributed by atoms with Crippen molar-refractivity contribution in [3.8, 4) is 5.75 Å². The summed E-state index contributed by atoms with van der Waals surface area (Å²) in [5.41, 5.74) is 1.01. The van der Waals surface area contributed by atoms with Crippen LogP contribution in [0, 0.1) is 22.9 Å². The molecule has 4 aromatic rings. The first kappa shape index (κ1) is 21.7. The number of carbonyl (C=O) groups excluding carboxylic acids is 1. The number of ether oxygens (including phenoxy) is 1. The average Bonchev–Trinajstić information content (AvgIpc) is 3.44. The molecule has 2 aromatic carbocycles. The Hall–Kier alpha value is -4.54. The number of nitro groups is 1. The van der Waals surface area contributed by atoms with E-state index in [4.69, 9.17) is 9.15 Å². The molecule has 0 aliphatic carbocycles. The third kappa shape index (κ3) is 5.21. The predicted molar refractivity (Wildman–Crippen MR) is 114 cm³/mol. The highest BCUT2D eigenvalue weighted by atomic mass is 19.1. The Labute approximate surface area is 186 Å². The average molecular weight is 451 g/mol. The summed E-state index contributed by atoms with van der Waals surface area (Å²) in [4.78, 5) is 27.1. The molecule has 2 aromatic heterocycles. The molecule has 0 unspecified atom stereocenters. The summed E-state index contributed by atoms with van der Waals surface area (Å²) in [6.07, 6.45) is 1.37. The van der Waals surface area contributed by atoms with Gasteiger partial charge in [0.25, 0.3) is 5.91 Å². The van der Waals surface area contributed by atoms with Gasteiger partial charge in [-0.25, -0.2) is 14.1 Å². The first-order valence-corrected chi connectivity index (χ1v) is 9.80. The second kappa shape index (κ2) is 9.30. The zero-order valence-electron chi connectivity index (χ0n) is 17.4. The summed E-state index contributed by atoms with van der Waals surface area (Å²) in [5, 5.41) is 17.8. The fourth-order valence-electron chi connectivity index (χ4n) is 3.01. The normalized spacial score (nSPS) is 10.7. The molecule has 0 aliphatic heterocycles. The number of anilines is 1. The number of aryl methyl sites for hydroxylation is 1. The van der Waals surface area contributed by atoms with Gasteiger partial charge in [-0.2, -0.15) is 0 Å². The molecule has 4 rings (SSSR count). The molecule has 0 fully saturated rings. The van der Waals surface area contributed by atoms with E-state index in [1.54, 1.807) is 31.2 Å². The van der Waals surface area contributed by atoms with Gasteiger partial charge in [0.05, 0.1) is 11.5 Å². The number of rotatable bonds is 8. The van der Waals surface area contributed by atoms with Gasteiger partial charge in [-0.3, -0.25) is 20.2 Å². The zero-order valence-corrected chi connectivity index (χ0v) is 17.4. The Balaban J connectivity index is 1.36. The number of furan rings is 1. The number of hydrogen-bond donors (Lipinski definition) is 1. The third-order valence-electron chi connectivity index (χ3n) is 4.62. The Kier molecular flexibility index (Phi) is 6.11. The highest BCUT2D eigenvalue weighted by Gasteiger charge is 2.17. The molecular formula is C22H18FN5O5. The maximum absolute atomic E-state index is 13.8. The lowest BCUT2D eigenvalue weighted by Gasteiger charge is -2.05. The molecule has 1 N–H and O–H groups in total. The number of benzene rings is 2. The summed E-state index contributed by atoms with van der Waals surface area (Å²) in [6.45, 7) is 1.79. The van der Waals surface area contributed by atoms with Crippen molar-refractivity contribution >= 4 is 17.5 Å². The summed E-state index contributed by atoms with van der Waals surface area (Å²) in [7, 11) is 0. The summed E-state index contributed by atoms with van der Waals surface area (Å²) in [5.74, 6) is -0.546. The van der Waals surface area contributed by atoms with Gasteiger partial charge in [-0.05, 0) is 36.8 Å². The lowest BCUT2D eigenvalue weighted by Crippen LogP contribution is -2.13. The molecule has 0 saturated carbocycles. The van der Waals surface area contributed by atoms with E-state index in [9.17, 15) is 19.3 Å². The Bertz CT molecular complexity index is 1320. The molecule has 2 heterocycles. The van der Waals surface area contributed by atoms with E-state index in [1.807, 2.05) is 0 Å². The lowest BCUT2D eigenvalue weighted by atomic mass is 10.2. The minimum Gasteiger partial charge on any atom is -0.479 e. The van der Waals surface area contributed by atoms with Crippen LogP contribution in [0.4, 0.5) is 16.0 Å². The monoisotopic (exact) mass is 451 g/mol. The van der Waals surface area contributed by atoms with Gasteiger partial charge in [0.2, 0.25) is 5.95 Å². The fourth-order valence-corrected chi connectivity index (χ4v) is 3.01. The van der Waals surface area contributed by atoms with Crippen LogP contribution in [-0.2, 0) is 13.2 Å². The molecule has 11 heteroatoms. The molecule has 0 aliphatic rings. The van der Waals surface area contributed by atoms with Crippen molar-refractivity contribution in [3.63, 3.8) is 0 Å². The van der Waals surface area contributed by atoms with E-state index in [-0.39, 0.29) is 42.1 Å². The molecular weight excluding hydrogens is 433 g/mol. The van der Waals surface area contributed by atoms with Gasteiger partial charge in [0.1, 0.15) is 24.5 Å². The number of carbonyl (C=O) groups is 1. The van der Waals surface area contributed by atoms with Gasteiger partial charge in [-0.15, -0.1) is 5.10 Å². The minimum atomic E-state index is -0.591. The topological polar surface area (TPSA) is 125 Å². The van der Waals surface area contributed by atoms with Gasteiger partial charge < -0.3 is 9.15 Å². The second-order valence-electron chi connectivity index (χ2n) is 7.09. The Morgan fingerprint density at radius 2 is 2.06 bits per heavy atom. The molecule has 0 saturated heterocycles. The van der Waals surface area contributed by atoms with Crippen LogP contribution >= 0.6 is 0 Å². The molecule has 0 spiro atoms. The van der Waals surface area contributed by atoms with Gasteiger partial charge in [0.15, 0.2) is 11.5 Å². The first-order valence-electron chi connectivity index (χ1n) is 9.80. The Morgan fingerprint density at radius 1 is 1.24 bits per heavy atom. The van der Waals surface area contributed by atoms with Gasteiger partial charge in [0, 0.05) is 11.6 Å². The van der Waals surface area contributed by atoms with Crippen molar-refractivity contribution in [2.75, 3.05) is 5.32 Å². The number of hydrogen-bond acceptors (Lipinski definition) is 7. The molecule has 168 valence electrons. The van der Waals surface area contributed by atoms with Crippen LogP contribution in [0.15, 0.2) is 65.3 Å². The Morgan fingerprint density at radius 3 is 2.85 bits per heavy atom. The number of halogens is 1. The van der Waals surface area contributed by atoms with E-state index in [0.29, 0.717) is 11.3 Å². The maximum Gasteiger partial charge on any atom is 0.311 e. The van der Waals surface area contributed by atoms with Crippen LogP contribution in [0.5, 0.6) is 5.75 Å². The van der Waals surface area contributed by atoms with Crippen LogP contribution in [0.2, 0.25) is 0 Å². The van der Waals surface area contributed by atoms with Crippen molar-refractivity contribution in [1.29, 1.82) is 0 Å². The van der Waals surface area contributed by atoms with Gasteiger partial charge >= 0.3 is 5.69 Å². The SMILES string of the molecule is Cc1ccc(OCc2ccc(C(=O)Nc3ncn(Cc4ccccc4F)n3)o2)c([N+](=O)[O-])c1. The number of nitrogens with one attached hydrogen (secondary N) is 1. The molecule has 10 nitrogen and oxygen atoms in total. The maximum atomic E-state index is 13.8. The summed E-state index contributed by atoms with van der Waals surface area (Å²) in [6, 6.07) is 13.9. The number of amides is 1. The van der Waals surface area contributed by atoms with E-state index < -0.39 is 10.8 Å². The number of nitrogens with zero attached hydrogens (tertiary/aromatic N) is 4. The first-order chi connectivity index (χ1) is 15.9. The quantitative estimate of drug-likeness (QED) is 0.316. The predicted octanol–water partition coefficient (Wildman–Crippen LogP) is 4.11. The smallest absolute Gasteiger partial charge is 0.311 e. The van der Waals surface area contributed by atoms with Crippen molar-refractivity contribution in [3.05, 3.63) is 99.5 Å². The summed E-state index contributed by atoms with van der Waals surface area (Å²) < 4.78 is 26.1. The summed E-state index contributed by atoms with van der Waals surface area (Å²) >= 11 is 0. The highest BCUT2D eigenvalue weighted by molar-refractivity contribution is 6.01. The highest BCUT2D eigenvalue weighted by Crippen LogP contribution is 2.28. The zero-order chi connectivity index (χ0) is 23.4. The van der Waals surface area contributed by atoms with Crippen LogP contribution in [-0.4, -0.2) is 25.6 Å². The lowest BCUT2D eigenvalue weighted by molar-refractivity contribution is -0.386. The molecule has 0 atom stereocenters. The van der Waals surface area contributed by atoms with Crippen molar-refractivity contribution in [2.45, 2.75) is 20.1 Å². The minimum absolute atomic E-state index is 0.0162. The number of nitro benzene ring substituents is 1. The molecule has 33 heavy (non-hydrogen) atoms. The largest absolute Gasteiger partial charge is 0.479 e. The van der Waals surface area contributed by atoms with Crippen LogP contribution < -0.4 is 10.1 Å². The standard InChI is InChI=1S/C22H18FN5O5/c1-14-6-8-19(18(10-14)28(30)31)32-12-16-7-9-20(33-16)21(29)25-22-24-13-27(26-22)11-15-4-2-3-5-17(15)23/h2-10,13H,11-12H2,1H3,(H,25,26,29). The van der Waals surface area contributed by atoms with Crippen molar-refractivity contribution in [1.82, 2.24) is 14.8 Å². The molecule has 0 radical (unpaired) electrons. The molecule has 1 amide bonds. The van der Waals surface area contributed by atoms with E-state index >= 15 is 0 Å². The van der Waals surface area contributed by atoms with E-state index in [0.717, 1.165) is 5.56 Å². The fraction of sp³-hybridized carbons (Fsp3) is 0.136. The van der Waals surface area contributed by atoms with Crippen molar-refractivity contribution < 1.29 is 23.3 Å². The van der Waals surface area contributed by atoms with E-state index in [1.165, 1.54) is 41.3 Å². The van der Waals surface area contributed by atoms with Crippen molar-refractivity contribution in [2.24, 2.45) is 0 Å². The second-order valence-corrected chi connectivity index (χ2v) is 7.09.